The standard InChI is InChI=1S/C15H12OS/c16-13-10-15(11-6-2-1-3-7-11)17-14-9-5-4-8-12(13)14/h1-9,15H,10H2. The lowest BCUT2D eigenvalue weighted by atomic mass is 10.0. The molecule has 1 aliphatic heterocycles. The molecule has 84 valence electrons. The summed E-state index contributed by atoms with van der Waals surface area (Å²) in [5.74, 6) is 0.258. The second kappa shape index (κ2) is 4.38. The van der Waals surface area contributed by atoms with Gasteiger partial charge in [-0.3, -0.25) is 4.79 Å². The first-order valence-electron chi connectivity index (χ1n) is 5.68. The Morgan fingerprint density at radius 2 is 1.65 bits per heavy atom. The molecule has 2 aromatic rings. The fourth-order valence-electron chi connectivity index (χ4n) is 2.13. The van der Waals surface area contributed by atoms with Crippen molar-refractivity contribution in [2.75, 3.05) is 0 Å². The fraction of sp³-hybridized carbons (Fsp3) is 0.133. The van der Waals surface area contributed by atoms with Crippen LogP contribution in [0, 0.1) is 0 Å². The molecule has 1 heterocycles. The van der Waals surface area contributed by atoms with Crippen LogP contribution in [0.25, 0.3) is 0 Å². The first-order chi connectivity index (χ1) is 8.34. The van der Waals surface area contributed by atoms with Crippen LogP contribution in [0.2, 0.25) is 0 Å². The number of fused-ring (bicyclic) bond motifs is 1. The minimum Gasteiger partial charge on any atom is -0.294 e. The van der Waals surface area contributed by atoms with Gasteiger partial charge in [0.25, 0.3) is 0 Å². The second-order valence-corrected chi connectivity index (χ2v) is 5.39. The van der Waals surface area contributed by atoms with Crippen molar-refractivity contribution >= 4 is 17.5 Å². The van der Waals surface area contributed by atoms with Crippen molar-refractivity contribution in [1.82, 2.24) is 0 Å². The molecular formula is C15H12OS. The van der Waals surface area contributed by atoms with Crippen molar-refractivity contribution < 1.29 is 4.79 Å². The highest BCUT2D eigenvalue weighted by Crippen LogP contribution is 2.44. The predicted octanol–water partition coefficient (Wildman–Crippen LogP) is 4.11. The van der Waals surface area contributed by atoms with Crippen LogP contribution in [0.4, 0.5) is 0 Å². The van der Waals surface area contributed by atoms with Crippen molar-refractivity contribution in [3.8, 4) is 0 Å². The highest BCUT2D eigenvalue weighted by atomic mass is 32.2. The summed E-state index contributed by atoms with van der Waals surface area (Å²) in [6, 6.07) is 18.1. The molecule has 0 bridgehead atoms. The first-order valence-corrected chi connectivity index (χ1v) is 6.56. The van der Waals surface area contributed by atoms with E-state index in [1.54, 1.807) is 11.8 Å². The van der Waals surface area contributed by atoms with E-state index >= 15 is 0 Å². The van der Waals surface area contributed by atoms with E-state index in [9.17, 15) is 4.79 Å². The number of rotatable bonds is 1. The number of carbonyl (C=O) groups is 1. The summed E-state index contributed by atoms with van der Waals surface area (Å²) in [5.41, 5.74) is 2.12. The molecule has 2 heteroatoms. The summed E-state index contributed by atoms with van der Waals surface area (Å²) in [6.45, 7) is 0. The lowest BCUT2D eigenvalue weighted by Crippen LogP contribution is -2.11. The third-order valence-corrected chi connectivity index (χ3v) is 4.33. The van der Waals surface area contributed by atoms with Gasteiger partial charge in [0.1, 0.15) is 0 Å². The van der Waals surface area contributed by atoms with Crippen LogP contribution in [0.15, 0.2) is 59.5 Å². The zero-order valence-electron chi connectivity index (χ0n) is 9.30. The number of benzene rings is 2. The third kappa shape index (κ3) is 2.01. The highest BCUT2D eigenvalue weighted by Gasteiger charge is 2.26. The van der Waals surface area contributed by atoms with Crippen molar-refractivity contribution in [3.05, 3.63) is 65.7 Å². The van der Waals surface area contributed by atoms with Gasteiger partial charge in [0.2, 0.25) is 0 Å². The zero-order valence-corrected chi connectivity index (χ0v) is 10.1. The largest absolute Gasteiger partial charge is 0.294 e. The van der Waals surface area contributed by atoms with E-state index in [1.165, 1.54) is 5.56 Å². The molecule has 17 heavy (non-hydrogen) atoms. The molecule has 0 saturated carbocycles. The maximum Gasteiger partial charge on any atom is 0.165 e. The number of ketones is 1. The number of Topliss-reactive ketones (excluding diaryl/α,β-unsaturated/α-hetero) is 1. The Bertz CT molecular complexity index is 548. The van der Waals surface area contributed by atoms with Gasteiger partial charge in [0, 0.05) is 22.1 Å². The molecule has 0 fully saturated rings. The van der Waals surface area contributed by atoms with Crippen molar-refractivity contribution in [3.63, 3.8) is 0 Å². The summed E-state index contributed by atoms with van der Waals surface area (Å²) in [6.07, 6.45) is 0.603. The molecule has 1 nitrogen and oxygen atoms in total. The van der Waals surface area contributed by atoms with Gasteiger partial charge in [-0.05, 0) is 11.6 Å². The molecule has 0 saturated heterocycles. The van der Waals surface area contributed by atoms with Crippen LogP contribution in [-0.4, -0.2) is 5.78 Å². The maximum atomic E-state index is 12.1. The lowest BCUT2D eigenvalue weighted by Gasteiger charge is -2.23. The molecule has 1 atom stereocenters. The van der Waals surface area contributed by atoms with Crippen LogP contribution >= 0.6 is 11.8 Å². The van der Waals surface area contributed by atoms with Crippen LogP contribution in [0.3, 0.4) is 0 Å². The van der Waals surface area contributed by atoms with Crippen LogP contribution in [0.1, 0.15) is 27.6 Å². The Labute approximate surface area is 105 Å². The van der Waals surface area contributed by atoms with Gasteiger partial charge >= 0.3 is 0 Å². The molecule has 0 aromatic heterocycles. The Morgan fingerprint density at radius 1 is 0.941 bits per heavy atom. The van der Waals surface area contributed by atoms with Gasteiger partial charge in [-0.25, -0.2) is 0 Å². The van der Waals surface area contributed by atoms with E-state index < -0.39 is 0 Å². The third-order valence-electron chi connectivity index (χ3n) is 3.00. The van der Waals surface area contributed by atoms with Crippen LogP contribution in [0.5, 0.6) is 0 Å². The molecule has 1 unspecified atom stereocenters. The summed E-state index contributed by atoms with van der Waals surface area (Å²) >= 11 is 1.79. The van der Waals surface area contributed by atoms with Gasteiger partial charge in [0.05, 0.1) is 0 Å². The Kier molecular flexibility index (Phi) is 2.73. The van der Waals surface area contributed by atoms with Gasteiger partial charge in [-0.2, -0.15) is 0 Å². The summed E-state index contributed by atoms with van der Waals surface area (Å²) in [7, 11) is 0. The SMILES string of the molecule is O=C1CC(c2ccccc2)Sc2ccccc21. The lowest BCUT2D eigenvalue weighted by molar-refractivity contribution is 0.0976. The van der Waals surface area contributed by atoms with E-state index in [2.05, 4.69) is 12.1 Å². The van der Waals surface area contributed by atoms with Gasteiger partial charge in [-0.1, -0.05) is 48.5 Å². The minimum absolute atomic E-state index is 0.258. The zero-order chi connectivity index (χ0) is 11.7. The predicted molar refractivity (Wildman–Crippen MR) is 70.4 cm³/mol. The highest BCUT2D eigenvalue weighted by molar-refractivity contribution is 7.99. The van der Waals surface area contributed by atoms with Crippen LogP contribution < -0.4 is 0 Å². The second-order valence-electron chi connectivity index (χ2n) is 4.14. The van der Waals surface area contributed by atoms with Crippen molar-refractivity contribution in [1.29, 1.82) is 0 Å². The topological polar surface area (TPSA) is 17.1 Å². The molecular weight excluding hydrogens is 228 g/mol. The normalized spacial score (nSPS) is 18.8. The number of hydrogen-bond acceptors (Lipinski definition) is 2. The smallest absolute Gasteiger partial charge is 0.165 e. The Morgan fingerprint density at radius 3 is 2.47 bits per heavy atom. The molecule has 3 rings (SSSR count). The van der Waals surface area contributed by atoms with Crippen molar-refractivity contribution in [2.24, 2.45) is 0 Å². The van der Waals surface area contributed by atoms with E-state index in [1.807, 2.05) is 42.5 Å². The number of carbonyl (C=O) groups excluding carboxylic acids is 1. The molecule has 0 amide bonds. The van der Waals surface area contributed by atoms with E-state index in [0.717, 1.165) is 10.5 Å². The molecule has 0 N–H and O–H groups in total. The minimum atomic E-state index is 0.258. The van der Waals surface area contributed by atoms with Gasteiger partial charge < -0.3 is 0 Å². The van der Waals surface area contributed by atoms with E-state index in [4.69, 9.17) is 0 Å². The average Bonchev–Trinajstić information content (AvgIpc) is 2.40. The molecule has 0 radical (unpaired) electrons. The summed E-state index contributed by atoms with van der Waals surface area (Å²) in [5, 5.41) is 0.263. The van der Waals surface area contributed by atoms with Crippen LogP contribution in [-0.2, 0) is 0 Å². The Hall–Kier alpha value is -1.54. The monoisotopic (exact) mass is 240 g/mol. The molecule has 2 aromatic carbocycles. The van der Waals surface area contributed by atoms with Crippen molar-refractivity contribution in [2.45, 2.75) is 16.6 Å². The number of hydrogen-bond donors (Lipinski definition) is 0. The molecule has 1 aliphatic rings. The average molecular weight is 240 g/mol. The van der Waals surface area contributed by atoms with E-state index in [0.29, 0.717) is 6.42 Å². The summed E-state index contributed by atoms with van der Waals surface area (Å²) in [4.78, 5) is 13.2. The fourth-order valence-corrected chi connectivity index (χ4v) is 3.43. The van der Waals surface area contributed by atoms with Gasteiger partial charge in [-0.15, -0.1) is 11.8 Å². The number of thioether (sulfide) groups is 1. The summed E-state index contributed by atoms with van der Waals surface area (Å²) < 4.78 is 0. The molecule has 0 aliphatic carbocycles. The molecule has 0 spiro atoms. The maximum absolute atomic E-state index is 12.1. The quantitative estimate of drug-likeness (QED) is 0.746. The Balaban J connectivity index is 1.97. The van der Waals surface area contributed by atoms with Gasteiger partial charge in [0.15, 0.2) is 5.78 Å². The first kappa shape index (κ1) is 10.6. The van der Waals surface area contributed by atoms with E-state index in [-0.39, 0.29) is 11.0 Å².